The largest absolute Gasteiger partial charge is 0.508 e. The van der Waals surface area contributed by atoms with Crippen molar-refractivity contribution in [1.82, 2.24) is 35.0 Å². The number of ether oxygens (including phenoxy) is 1. The standard InChI is InChI=1S/C59H66ClFN10O6S/c1-35(63-2)49(73)33-43(36-12-5-4-6-13-36)57(75)71-23-11-18-48(71)56-65-47(34-78-56)41-19-20-50(42-17-10-9-16-40(41)42)77-29-28-68(3)51(74)21-22-64-59-66-54-45(55(67-59)69-24-26-70(27-25-69)58(62)76)32-46(60)52(53(54)61)44-31-38(72)30-37-14-7-8-15-39(37)44/h7-10,14-17,19-20,30-32,34-36,43,48,63,72H,4-6,11-13,18,21-29,33H2,1-3H3,(H2,62,76)(H,64,66,67)/t35-,43-,48-/m0/s1. The van der Waals surface area contributed by atoms with Crippen LogP contribution < -0.4 is 26.0 Å². The molecule has 1 saturated carbocycles. The molecule has 78 heavy (non-hydrogen) atoms. The van der Waals surface area contributed by atoms with Crippen LogP contribution in [0.15, 0.2) is 84.2 Å². The van der Waals surface area contributed by atoms with Gasteiger partial charge < -0.3 is 45.8 Å². The lowest BCUT2D eigenvalue weighted by atomic mass is 9.76. The molecule has 2 aliphatic heterocycles. The van der Waals surface area contributed by atoms with E-state index in [1.165, 1.54) is 17.4 Å². The number of rotatable bonds is 18. The van der Waals surface area contributed by atoms with Gasteiger partial charge in [-0.3, -0.25) is 14.4 Å². The number of benzene rings is 5. The highest BCUT2D eigenvalue weighted by Crippen LogP contribution is 2.44. The summed E-state index contributed by atoms with van der Waals surface area (Å²) in [6, 6.07) is 23.0. The lowest BCUT2D eigenvalue weighted by Crippen LogP contribution is -2.50. The second-order valence-corrected chi connectivity index (χ2v) is 22.1. The summed E-state index contributed by atoms with van der Waals surface area (Å²) in [5, 5.41) is 23.6. The van der Waals surface area contributed by atoms with E-state index >= 15 is 4.39 Å². The third-order valence-corrected chi connectivity index (χ3v) is 17.2. The number of aromatic hydroxyl groups is 1. The molecule has 5 N–H and O–H groups in total. The van der Waals surface area contributed by atoms with Crippen molar-refractivity contribution in [1.29, 1.82) is 0 Å². The SMILES string of the molecule is CN[C@@H](C)C(=O)C[C@H](C(=O)N1CCC[C@H]1c1nc(-c2ccc(OCCN(C)C(=O)CCNc3nc(N4CCN(C(N)=O)CC4)c4cc(Cl)c(-c5cc(O)cc6ccccc56)c(F)c4n3)c3ccccc23)cs1)C1CCCCC1. The number of nitrogens with one attached hydrogen (secondary N) is 2. The number of Topliss-reactive ketones (excluding diaryl/α,β-unsaturated/α-hetero) is 1. The van der Waals surface area contributed by atoms with Crippen molar-refractivity contribution in [2.45, 2.75) is 76.8 Å². The van der Waals surface area contributed by atoms with E-state index in [1.54, 1.807) is 42.5 Å². The Bertz CT molecular complexity index is 3380. The molecular weight excluding hydrogens is 1030 g/mol. The van der Waals surface area contributed by atoms with Gasteiger partial charge >= 0.3 is 6.03 Å². The number of phenols is 1. The maximum Gasteiger partial charge on any atom is 0.314 e. The number of phenolic OH excluding ortho intramolecular Hbond substituents is 1. The van der Waals surface area contributed by atoms with Gasteiger partial charge in [0.05, 0.1) is 29.3 Å². The number of nitrogens with two attached hydrogens (primary N) is 1. The number of likely N-dealkylation sites (N-methyl/N-ethyl adjacent to an activating group) is 2. The number of ketones is 1. The van der Waals surface area contributed by atoms with Gasteiger partial charge in [-0.25, -0.2) is 19.2 Å². The summed E-state index contributed by atoms with van der Waals surface area (Å²) in [6.45, 7) is 4.62. The number of piperazine rings is 1. The fourth-order valence-electron chi connectivity index (χ4n) is 11.5. The molecule has 0 unspecified atom stereocenters. The predicted molar refractivity (Wildman–Crippen MR) is 306 cm³/mol. The van der Waals surface area contributed by atoms with Gasteiger partial charge in [0.15, 0.2) is 5.82 Å². The van der Waals surface area contributed by atoms with Crippen molar-refractivity contribution in [3.63, 3.8) is 0 Å². The molecule has 408 valence electrons. The molecule has 0 bridgehead atoms. The van der Waals surface area contributed by atoms with Crippen LogP contribution in [0.5, 0.6) is 11.5 Å². The number of thiazole rings is 1. The first-order chi connectivity index (χ1) is 37.8. The number of nitrogens with zero attached hydrogens (tertiary/aromatic N) is 7. The van der Waals surface area contributed by atoms with E-state index in [-0.39, 0.29) is 95.3 Å². The number of amides is 4. The van der Waals surface area contributed by atoms with Crippen molar-refractivity contribution >= 4 is 90.8 Å². The molecule has 19 heteroatoms. The molecule has 5 aromatic carbocycles. The Kier molecular flexibility index (Phi) is 16.6. The van der Waals surface area contributed by atoms with Gasteiger partial charge in [0.2, 0.25) is 17.8 Å². The minimum absolute atomic E-state index is 0.00260. The van der Waals surface area contributed by atoms with Crippen LogP contribution in [0.4, 0.5) is 21.0 Å². The number of fused-ring (bicyclic) bond motifs is 3. The first kappa shape index (κ1) is 54.2. The molecule has 10 rings (SSSR count). The first-order valence-corrected chi connectivity index (χ1v) is 28.3. The molecule has 3 atom stereocenters. The monoisotopic (exact) mass is 1100 g/mol. The van der Waals surface area contributed by atoms with Crippen molar-refractivity contribution in [2.75, 3.05) is 76.7 Å². The van der Waals surface area contributed by atoms with Crippen molar-refractivity contribution in [3.8, 4) is 33.9 Å². The summed E-state index contributed by atoms with van der Waals surface area (Å²) in [5.41, 5.74) is 7.83. The van der Waals surface area contributed by atoms with Crippen LogP contribution in [0.3, 0.4) is 0 Å². The zero-order valence-electron chi connectivity index (χ0n) is 44.3. The number of carbonyl (C=O) groups is 4. The zero-order chi connectivity index (χ0) is 54.6. The number of hydrogen-bond acceptors (Lipinski definition) is 13. The van der Waals surface area contributed by atoms with E-state index in [0.717, 1.165) is 65.6 Å². The van der Waals surface area contributed by atoms with Crippen LogP contribution in [0, 0.1) is 17.7 Å². The van der Waals surface area contributed by atoms with Crippen LogP contribution in [0.25, 0.3) is 54.8 Å². The maximum atomic E-state index is 17.1. The highest BCUT2D eigenvalue weighted by Gasteiger charge is 2.40. The average molecular weight is 1100 g/mol. The van der Waals surface area contributed by atoms with E-state index in [0.29, 0.717) is 72.6 Å². The van der Waals surface area contributed by atoms with Gasteiger partial charge in [0.25, 0.3) is 0 Å². The topological polar surface area (TPSA) is 199 Å². The number of halogens is 2. The lowest BCUT2D eigenvalue weighted by molar-refractivity contribution is -0.141. The molecule has 7 aromatic rings. The lowest BCUT2D eigenvalue weighted by Gasteiger charge is -2.35. The van der Waals surface area contributed by atoms with Crippen molar-refractivity contribution in [3.05, 3.63) is 100 Å². The maximum absolute atomic E-state index is 17.1. The summed E-state index contributed by atoms with van der Waals surface area (Å²) in [6.07, 6.45) is 7.39. The number of anilines is 2. The highest BCUT2D eigenvalue weighted by atomic mass is 35.5. The summed E-state index contributed by atoms with van der Waals surface area (Å²) in [4.78, 5) is 75.0. The molecule has 2 aromatic heterocycles. The molecule has 0 spiro atoms. The Morgan fingerprint density at radius 2 is 1.63 bits per heavy atom. The number of hydrogen-bond donors (Lipinski definition) is 4. The number of carbonyl (C=O) groups excluding carboxylic acids is 4. The smallest absolute Gasteiger partial charge is 0.314 e. The fourth-order valence-corrected chi connectivity index (χ4v) is 12.8. The van der Waals surface area contributed by atoms with Gasteiger partial charge in [-0.1, -0.05) is 79.4 Å². The van der Waals surface area contributed by atoms with Crippen molar-refractivity contribution < 1.29 is 33.4 Å². The third-order valence-electron chi connectivity index (χ3n) is 16.0. The Morgan fingerprint density at radius 1 is 0.885 bits per heavy atom. The quantitative estimate of drug-likeness (QED) is 0.0635. The van der Waals surface area contributed by atoms with E-state index in [4.69, 9.17) is 32.0 Å². The molecule has 1 aliphatic carbocycles. The van der Waals surface area contributed by atoms with Crippen LogP contribution in [-0.4, -0.2) is 131 Å². The van der Waals surface area contributed by atoms with Gasteiger partial charge in [0.1, 0.15) is 40.2 Å². The van der Waals surface area contributed by atoms with Crippen LogP contribution in [0.2, 0.25) is 5.02 Å². The van der Waals surface area contributed by atoms with E-state index in [2.05, 4.69) is 21.0 Å². The Morgan fingerprint density at radius 3 is 2.38 bits per heavy atom. The highest BCUT2D eigenvalue weighted by molar-refractivity contribution is 7.10. The van der Waals surface area contributed by atoms with Crippen LogP contribution in [-0.2, 0) is 14.4 Å². The second kappa shape index (κ2) is 23.8. The molecular formula is C59H66ClFN10O6S. The second-order valence-electron chi connectivity index (χ2n) is 20.8. The summed E-state index contributed by atoms with van der Waals surface area (Å²) in [5.74, 6) is 0.355. The molecule has 2 saturated heterocycles. The summed E-state index contributed by atoms with van der Waals surface area (Å²) < 4.78 is 23.5. The normalized spacial score (nSPS) is 16.9. The molecule has 4 amide bonds. The summed E-state index contributed by atoms with van der Waals surface area (Å²) >= 11 is 8.48. The zero-order valence-corrected chi connectivity index (χ0v) is 45.8. The van der Waals surface area contributed by atoms with Crippen LogP contribution >= 0.6 is 22.9 Å². The van der Waals surface area contributed by atoms with Gasteiger partial charge in [0, 0.05) is 92.4 Å². The summed E-state index contributed by atoms with van der Waals surface area (Å²) in [7, 11) is 3.50. The van der Waals surface area contributed by atoms with E-state index < -0.39 is 11.8 Å². The number of likely N-dealkylation sites (tertiary alicyclic amines) is 1. The van der Waals surface area contributed by atoms with Gasteiger partial charge in [-0.05, 0) is 97.6 Å². The number of primary amides is 1. The van der Waals surface area contributed by atoms with Crippen LogP contribution in [0.1, 0.15) is 75.8 Å². The Hall–Kier alpha value is -7.15. The van der Waals surface area contributed by atoms with E-state index in [1.807, 2.05) is 77.4 Å². The molecule has 4 heterocycles. The molecule has 16 nitrogen and oxygen atoms in total. The van der Waals surface area contributed by atoms with Crippen molar-refractivity contribution in [2.24, 2.45) is 17.6 Å². The molecule has 3 fully saturated rings. The first-order valence-electron chi connectivity index (χ1n) is 27.1. The fraction of sp³-hybridized carbons (Fsp3) is 0.407. The third kappa shape index (κ3) is 11.4. The Balaban J connectivity index is 0.801. The molecule has 0 radical (unpaired) electrons. The predicted octanol–water partition coefficient (Wildman–Crippen LogP) is 10.2. The minimum Gasteiger partial charge on any atom is -0.508 e. The minimum atomic E-state index is -0.698. The van der Waals surface area contributed by atoms with Gasteiger partial charge in [-0.15, -0.1) is 11.3 Å². The van der Waals surface area contributed by atoms with E-state index in [9.17, 15) is 24.3 Å². The number of urea groups is 1. The molecule has 3 aliphatic rings. The number of aromatic nitrogens is 3. The average Bonchev–Trinajstić information content (AvgIpc) is 4.24. The van der Waals surface area contributed by atoms with Gasteiger partial charge in [-0.2, -0.15) is 4.98 Å². The Labute approximate surface area is 462 Å².